The van der Waals surface area contributed by atoms with Crippen LogP contribution in [0, 0.1) is 18.7 Å². The van der Waals surface area contributed by atoms with Gasteiger partial charge in [0.1, 0.15) is 0 Å². The van der Waals surface area contributed by atoms with E-state index in [1.807, 2.05) is 0 Å². The van der Waals surface area contributed by atoms with Gasteiger partial charge in [-0.15, -0.1) is 0 Å². The molecule has 0 atom stereocenters. The molecule has 2 heterocycles. The number of nitrogens with zero attached hydrogens (tertiary/aromatic N) is 3. The summed E-state index contributed by atoms with van der Waals surface area (Å²) in [6.45, 7) is 1.86. The molecule has 0 aromatic carbocycles. The van der Waals surface area contributed by atoms with Crippen molar-refractivity contribution < 1.29 is 13.6 Å². The van der Waals surface area contributed by atoms with E-state index in [4.69, 9.17) is 0 Å². The Morgan fingerprint density at radius 1 is 1.26 bits per heavy atom. The topological polar surface area (TPSA) is 67.8 Å². The molecule has 7 heteroatoms. The first-order valence-electron chi connectivity index (χ1n) is 5.43. The van der Waals surface area contributed by atoms with Crippen LogP contribution in [0.5, 0.6) is 0 Å². The minimum absolute atomic E-state index is 0.0789. The SMILES string of the molecule is Cc1cnc(CNC(=O)c2ccnc(F)c2F)cn1. The van der Waals surface area contributed by atoms with Gasteiger partial charge in [0.25, 0.3) is 5.91 Å². The van der Waals surface area contributed by atoms with Crippen LogP contribution in [0.3, 0.4) is 0 Å². The van der Waals surface area contributed by atoms with Crippen LogP contribution in [-0.2, 0) is 6.54 Å². The third kappa shape index (κ3) is 3.06. The number of rotatable bonds is 3. The van der Waals surface area contributed by atoms with E-state index < -0.39 is 23.2 Å². The number of hydrogen-bond donors (Lipinski definition) is 1. The van der Waals surface area contributed by atoms with E-state index in [0.717, 1.165) is 18.0 Å². The van der Waals surface area contributed by atoms with Gasteiger partial charge in [-0.1, -0.05) is 0 Å². The molecule has 5 nitrogen and oxygen atoms in total. The van der Waals surface area contributed by atoms with Gasteiger partial charge >= 0.3 is 0 Å². The maximum atomic E-state index is 13.3. The Morgan fingerprint density at radius 2 is 2.05 bits per heavy atom. The molecule has 0 saturated heterocycles. The number of carbonyl (C=O) groups excluding carboxylic acids is 1. The van der Waals surface area contributed by atoms with Crippen molar-refractivity contribution in [1.29, 1.82) is 0 Å². The van der Waals surface area contributed by atoms with Crippen LogP contribution < -0.4 is 5.32 Å². The third-order valence-corrected chi connectivity index (χ3v) is 2.36. The van der Waals surface area contributed by atoms with Crippen LogP contribution in [-0.4, -0.2) is 20.9 Å². The van der Waals surface area contributed by atoms with E-state index in [1.165, 1.54) is 6.20 Å². The van der Waals surface area contributed by atoms with Gasteiger partial charge in [0.15, 0.2) is 5.82 Å². The van der Waals surface area contributed by atoms with Gasteiger partial charge in [0.05, 0.1) is 29.7 Å². The highest BCUT2D eigenvalue weighted by atomic mass is 19.2. The highest BCUT2D eigenvalue weighted by molar-refractivity contribution is 5.94. The van der Waals surface area contributed by atoms with Gasteiger partial charge in [-0.2, -0.15) is 4.39 Å². The fourth-order valence-electron chi connectivity index (χ4n) is 1.37. The molecule has 2 aromatic heterocycles. The van der Waals surface area contributed by atoms with Crippen molar-refractivity contribution >= 4 is 5.91 Å². The Labute approximate surface area is 107 Å². The maximum Gasteiger partial charge on any atom is 0.254 e. The lowest BCUT2D eigenvalue weighted by Gasteiger charge is -2.05. The van der Waals surface area contributed by atoms with Crippen molar-refractivity contribution in [2.24, 2.45) is 0 Å². The first kappa shape index (κ1) is 13.0. The summed E-state index contributed by atoms with van der Waals surface area (Å²) in [5.74, 6) is -3.31. The Hall–Kier alpha value is -2.44. The Kier molecular flexibility index (Phi) is 3.74. The van der Waals surface area contributed by atoms with Crippen LogP contribution >= 0.6 is 0 Å². The second kappa shape index (κ2) is 5.47. The molecule has 0 radical (unpaired) electrons. The minimum Gasteiger partial charge on any atom is -0.346 e. The van der Waals surface area contributed by atoms with Gasteiger partial charge in [0, 0.05) is 12.4 Å². The zero-order valence-electron chi connectivity index (χ0n) is 10.0. The second-order valence-electron chi connectivity index (χ2n) is 3.80. The van der Waals surface area contributed by atoms with Gasteiger partial charge in [-0.25, -0.2) is 9.37 Å². The third-order valence-electron chi connectivity index (χ3n) is 2.36. The number of halogens is 2. The lowest BCUT2D eigenvalue weighted by atomic mass is 10.2. The predicted octanol–water partition coefficient (Wildman–Crippen LogP) is 1.39. The molecule has 0 saturated carbocycles. The summed E-state index contributed by atoms with van der Waals surface area (Å²) in [6.07, 6.45) is 4.08. The van der Waals surface area contributed by atoms with Crippen molar-refractivity contribution in [2.45, 2.75) is 13.5 Å². The van der Waals surface area contributed by atoms with Gasteiger partial charge in [-0.3, -0.25) is 14.8 Å². The Morgan fingerprint density at radius 3 is 2.74 bits per heavy atom. The number of carbonyl (C=O) groups is 1. The zero-order valence-corrected chi connectivity index (χ0v) is 10.0. The Balaban J connectivity index is 2.05. The lowest BCUT2D eigenvalue weighted by molar-refractivity contribution is 0.0945. The molecule has 0 aliphatic carbocycles. The molecule has 1 amide bonds. The smallest absolute Gasteiger partial charge is 0.254 e. The average molecular weight is 264 g/mol. The second-order valence-corrected chi connectivity index (χ2v) is 3.80. The summed E-state index contributed by atoms with van der Waals surface area (Å²) >= 11 is 0. The molecule has 0 aliphatic rings. The van der Waals surface area contributed by atoms with Gasteiger partial charge < -0.3 is 5.32 Å². The van der Waals surface area contributed by atoms with Crippen LogP contribution in [0.4, 0.5) is 8.78 Å². The summed E-state index contributed by atoms with van der Waals surface area (Å²) < 4.78 is 26.2. The highest BCUT2D eigenvalue weighted by Gasteiger charge is 2.15. The van der Waals surface area contributed by atoms with Crippen LogP contribution in [0.1, 0.15) is 21.7 Å². The number of pyridine rings is 1. The first-order chi connectivity index (χ1) is 9.08. The largest absolute Gasteiger partial charge is 0.346 e. The summed E-state index contributed by atoms with van der Waals surface area (Å²) in [5.41, 5.74) is 0.874. The number of aromatic nitrogens is 3. The standard InChI is InChI=1S/C12H10F2N4O/c1-7-4-17-8(5-16-7)6-18-12(19)9-2-3-15-11(14)10(9)13/h2-5H,6H2,1H3,(H,18,19). The molecule has 2 aromatic rings. The van der Waals surface area contributed by atoms with E-state index >= 15 is 0 Å². The number of amides is 1. The quantitative estimate of drug-likeness (QED) is 0.851. The molecule has 2 rings (SSSR count). The summed E-state index contributed by atoms with van der Waals surface area (Å²) in [6, 6.07) is 1.11. The summed E-state index contributed by atoms with van der Waals surface area (Å²) in [7, 11) is 0. The van der Waals surface area contributed by atoms with E-state index in [2.05, 4.69) is 20.3 Å². The molecule has 0 aliphatic heterocycles. The summed E-state index contributed by atoms with van der Waals surface area (Å²) in [4.78, 5) is 22.8. The lowest BCUT2D eigenvalue weighted by Crippen LogP contribution is -2.25. The molecule has 0 spiro atoms. The number of nitrogens with one attached hydrogen (secondary N) is 1. The minimum atomic E-state index is -1.30. The fourth-order valence-corrected chi connectivity index (χ4v) is 1.37. The Bertz CT molecular complexity index is 601. The van der Waals surface area contributed by atoms with E-state index in [-0.39, 0.29) is 6.54 Å². The molecule has 98 valence electrons. The van der Waals surface area contributed by atoms with Crippen molar-refractivity contribution in [3.63, 3.8) is 0 Å². The molecule has 0 fully saturated rings. The number of hydrogen-bond acceptors (Lipinski definition) is 4. The van der Waals surface area contributed by atoms with Crippen LogP contribution in [0.15, 0.2) is 24.7 Å². The fraction of sp³-hybridized carbons (Fsp3) is 0.167. The normalized spacial score (nSPS) is 10.3. The first-order valence-corrected chi connectivity index (χ1v) is 5.43. The van der Waals surface area contributed by atoms with Crippen molar-refractivity contribution in [3.05, 3.63) is 53.4 Å². The van der Waals surface area contributed by atoms with E-state index in [1.54, 1.807) is 13.1 Å². The van der Waals surface area contributed by atoms with Crippen LogP contribution in [0.2, 0.25) is 0 Å². The molecule has 0 bridgehead atoms. The van der Waals surface area contributed by atoms with Crippen molar-refractivity contribution in [3.8, 4) is 0 Å². The maximum absolute atomic E-state index is 13.3. The van der Waals surface area contributed by atoms with Gasteiger partial charge in [-0.05, 0) is 13.0 Å². The van der Waals surface area contributed by atoms with E-state index in [9.17, 15) is 13.6 Å². The predicted molar refractivity (Wildman–Crippen MR) is 62.1 cm³/mol. The molecule has 1 N–H and O–H groups in total. The van der Waals surface area contributed by atoms with Crippen molar-refractivity contribution in [2.75, 3.05) is 0 Å². The highest BCUT2D eigenvalue weighted by Crippen LogP contribution is 2.08. The van der Waals surface area contributed by atoms with E-state index in [0.29, 0.717) is 5.69 Å². The molecular formula is C12H10F2N4O. The molecule has 19 heavy (non-hydrogen) atoms. The van der Waals surface area contributed by atoms with Crippen molar-refractivity contribution in [1.82, 2.24) is 20.3 Å². The molecular weight excluding hydrogens is 254 g/mol. The van der Waals surface area contributed by atoms with Gasteiger partial charge in [0.2, 0.25) is 5.95 Å². The van der Waals surface area contributed by atoms with Crippen LogP contribution in [0.25, 0.3) is 0 Å². The molecule has 0 unspecified atom stereocenters. The summed E-state index contributed by atoms with van der Waals surface area (Å²) in [5, 5.41) is 2.43. The average Bonchev–Trinajstić information content (AvgIpc) is 2.41. The monoisotopic (exact) mass is 264 g/mol. The number of aryl methyl sites for hydroxylation is 1. The zero-order chi connectivity index (χ0) is 13.8.